The van der Waals surface area contributed by atoms with Gasteiger partial charge in [-0.15, -0.1) is 0 Å². The van der Waals surface area contributed by atoms with Crippen LogP contribution in [0.3, 0.4) is 0 Å². The van der Waals surface area contributed by atoms with Crippen LogP contribution in [0.25, 0.3) is 0 Å². The zero-order chi connectivity index (χ0) is 23.0. The molecule has 1 fully saturated rings. The summed E-state index contributed by atoms with van der Waals surface area (Å²) >= 11 is 0. The molecule has 1 saturated heterocycles. The molecule has 1 heterocycles. The molecule has 1 amide bonds. The highest BCUT2D eigenvalue weighted by molar-refractivity contribution is 5.94. The van der Waals surface area contributed by atoms with Gasteiger partial charge >= 0.3 is 0 Å². The van der Waals surface area contributed by atoms with Gasteiger partial charge in [-0.25, -0.2) is 0 Å². The van der Waals surface area contributed by atoms with E-state index in [1.165, 1.54) is 0 Å². The van der Waals surface area contributed by atoms with Gasteiger partial charge in [-0.3, -0.25) is 4.79 Å². The van der Waals surface area contributed by atoms with Crippen molar-refractivity contribution < 1.29 is 9.53 Å². The smallest absolute Gasteiger partial charge is 0.251 e. The molecule has 6 nitrogen and oxygen atoms in total. The van der Waals surface area contributed by atoms with E-state index in [0.717, 1.165) is 37.2 Å². The van der Waals surface area contributed by atoms with Gasteiger partial charge in [-0.2, -0.15) is 10.5 Å². The molecule has 0 saturated carbocycles. The van der Waals surface area contributed by atoms with Crippen molar-refractivity contribution in [1.29, 1.82) is 10.5 Å². The number of carbonyl (C=O) groups is 1. The molecule has 0 spiro atoms. The van der Waals surface area contributed by atoms with E-state index in [9.17, 15) is 4.79 Å². The van der Waals surface area contributed by atoms with Gasteiger partial charge < -0.3 is 15.0 Å². The first kappa shape index (κ1) is 21.9. The lowest BCUT2D eigenvalue weighted by molar-refractivity contribution is 0.0931. The number of carbonyl (C=O) groups excluding carboxylic acids is 1. The quantitative estimate of drug-likeness (QED) is 0.618. The first-order chi connectivity index (χ1) is 16.1. The highest BCUT2D eigenvalue weighted by Crippen LogP contribution is 2.21. The largest absolute Gasteiger partial charge is 0.489 e. The zero-order valence-electron chi connectivity index (χ0n) is 18.2. The van der Waals surface area contributed by atoms with Crippen LogP contribution in [0.15, 0.2) is 72.8 Å². The third kappa shape index (κ3) is 5.70. The van der Waals surface area contributed by atoms with Gasteiger partial charge in [0.15, 0.2) is 0 Å². The van der Waals surface area contributed by atoms with Gasteiger partial charge in [0.2, 0.25) is 0 Å². The molecule has 0 unspecified atom stereocenters. The van der Waals surface area contributed by atoms with Crippen LogP contribution in [0.2, 0.25) is 0 Å². The monoisotopic (exact) mass is 436 g/mol. The van der Waals surface area contributed by atoms with Crippen LogP contribution in [0, 0.1) is 22.7 Å². The summed E-state index contributed by atoms with van der Waals surface area (Å²) in [5, 5.41) is 21.1. The van der Waals surface area contributed by atoms with Crippen molar-refractivity contribution in [2.24, 2.45) is 0 Å². The van der Waals surface area contributed by atoms with Crippen molar-refractivity contribution in [3.63, 3.8) is 0 Å². The molecule has 1 aliphatic rings. The van der Waals surface area contributed by atoms with Gasteiger partial charge in [0.05, 0.1) is 23.3 Å². The van der Waals surface area contributed by atoms with Gasteiger partial charge in [0, 0.05) is 30.4 Å². The summed E-state index contributed by atoms with van der Waals surface area (Å²) < 4.78 is 5.78. The Bertz CT molecular complexity index is 1200. The molecule has 0 bridgehead atoms. The minimum Gasteiger partial charge on any atom is -0.489 e. The van der Waals surface area contributed by atoms with Crippen LogP contribution in [0.1, 0.15) is 39.9 Å². The van der Waals surface area contributed by atoms with E-state index in [-0.39, 0.29) is 11.9 Å². The number of nitriles is 2. The standard InChI is InChI=1S/C27H24N4O2/c28-17-20-7-9-25(10-8-20)31-13-11-24(12-14-31)30-27(32)23-5-1-4-22(15-23)19-33-26-6-2-3-21(16-26)18-29/h1-10,15-16,24H,11-14,19H2,(H,30,32). The summed E-state index contributed by atoms with van der Waals surface area (Å²) in [5.41, 5.74) is 3.80. The Balaban J connectivity index is 1.30. The topological polar surface area (TPSA) is 89.2 Å². The fraction of sp³-hybridized carbons (Fsp3) is 0.222. The summed E-state index contributed by atoms with van der Waals surface area (Å²) in [6.45, 7) is 2.03. The Morgan fingerprint density at radius 1 is 0.939 bits per heavy atom. The number of anilines is 1. The maximum atomic E-state index is 12.8. The number of hydrogen-bond donors (Lipinski definition) is 1. The van der Waals surface area contributed by atoms with Crippen molar-refractivity contribution in [2.45, 2.75) is 25.5 Å². The molecule has 1 aliphatic heterocycles. The fourth-order valence-electron chi connectivity index (χ4n) is 3.92. The zero-order valence-corrected chi connectivity index (χ0v) is 18.2. The van der Waals surface area contributed by atoms with Gasteiger partial charge in [-0.05, 0) is 73.0 Å². The second kappa shape index (κ2) is 10.3. The maximum absolute atomic E-state index is 12.8. The third-order valence-corrected chi connectivity index (χ3v) is 5.75. The van der Waals surface area contributed by atoms with Crippen LogP contribution >= 0.6 is 0 Å². The van der Waals surface area contributed by atoms with Gasteiger partial charge in [0.1, 0.15) is 12.4 Å². The lowest BCUT2D eigenvalue weighted by Gasteiger charge is -2.34. The van der Waals surface area contributed by atoms with Crippen LogP contribution in [0.4, 0.5) is 5.69 Å². The Labute approximate surface area is 193 Å². The number of amides is 1. The number of nitrogens with one attached hydrogen (secondary N) is 1. The van der Waals surface area contributed by atoms with Crippen LogP contribution in [-0.4, -0.2) is 25.0 Å². The number of rotatable bonds is 6. The highest BCUT2D eigenvalue weighted by atomic mass is 16.5. The second-order valence-electron chi connectivity index (χ2n) is 8.02. The molecular weight excluding hydrogens is 412 g/mol. The number of benzene rings is 3. The van der Waals surface area contributed by atoms with E-state index >= 15 is 0 Å². The Morgan fingerprint density at radius 2 is 1.67 bits per heavy atom. The minimum atomic E-state index is -0.0832. The molecule has 4 rings (SSSR count). The van der Waals surface area contributed by atoms with E-state index in [1.54, 1.807) is 24.3 Å². The normalized spacial score (nSPS) is 13.6. The second-order valence-corrected chi connectivity index (χ2v) is 8.02. The Kier molecular flexibility index (Phi) is 6.87. The summed E-state index contributed by atoms with van der Waals surface area (Å²) in [6, 6.07) is 26.4. The van der Waals surface area contributed by atoms with Crippen molar-refractivity contribution in [2.75, 3.05) is 18.0 Å². The lowest BCUT2D eigenvalue weighted by atomic mass is 10.0. The molecule has 0 aliphatic carbocycles. The van der Waals surface area contributed by atoms with E-state index < -0.39 is 0 Å². The Hall–Kier alpha value is -4.29. The third-order valence-electron chi connectivity index (χ3n) is 5.75. The van der Waals surface area contributed by atoms with Crippen LogP contribution in [0.5, 0.6) is 5.75 Å². The minimum absolute atomic E-state index is 0.0832. The maximum Gasteiger partial charge on any atom is 0.251 e. The first-order valence-electron chi connectivity index (χ1n) is 10.9. The van der Waals surface area contributed by atoms with E-state index in [0.29, 0.717) is 29.0 Å². The molecule has 0 aromatic heterocycles. The van der Waals surface area contributed by atoms with Crippen molar-refractivity contribution in [3.8, 4) is 17.9 Å². The molecule has 6 heteroatoms. The van der Waals surface area contributed by atoms with E-state index in [4.69, 9.17) is 15.3 Å². The van der Waals surface area contributed by atoms with E-state index in [2.05, 4.69) is 22.4 Å². The number of nitrogens with zero attached hydrogens (tertiary/aromatic N) is 3. The molecule has 0 atom stereocenters. The van der Waals surface area contributed by atoms with Crippen molar-refractivity contribution >= 4 is 11.6 Å². The molecule has 33 heavy (non-hydrogen) atoms. The van der Waals surface area contributed by atoms with Crippen LogP contribution < -0.4 is 15.0 Å². The fourth-order valence-corrected chi connectivity index (χ4v) is 3.92. The summed E-state index contributed by atoms with van der Waals surface area (Å²) in [7, 11) is 0. The number of hydrogen-bond acceptors (Lipinski definition) is 5. The number of ether oxygens (including phenoxy) is 1. The molecule has 0 radical (unpaired) electrons. The SMILES string of the molecule is N#Cc1ccc(N2CCC(NC(=O)c3cccc(COc4cccc(C#N)c4)c3)CC2)cc1. The average molecular weight is 437 g/mol. The molecular formula is C27H24N4O2. The Morgan fingerprint density at radius 3 is 2.39 bits per heavy atom. The molecule has 164 valence electrons. The molecule has 3 aromatic rings. The molecule has 1 N–H and O–H groups in total. The van der Waals surface area contributed by atoms with Crippen molar-refractivity contribution in [1.82, 2.24) is 5.32 Å². The van der Waals surface area contributed by atoms with Gasteiger partial charge in [-0.1, -0.05) is 18.2 Å². The number of piperidine rings is 1. The molecule has 3 aromatic carbocycles. The highest BCUT2D eigenvalue weighted by Gasteiger charge is 2.21. The summed E-state index contributed by atoms with van der Waals surface area (Å²) in [5.74, 6) is 0.540. The first-order valence-corrected chi connectivity index (χ1v) is 10.9. The predicted molar refractivity (Wildman–Crippen MR) is 126 cm³/mol. The van der Waals surface area contributed by atoms with E-state index in [1.807, 2.05) is 48.5 Å². The van der Waals surface area contributed by atoms with Crippen LogP contribution in [-0.2, 0) is 6.61 Å². The average Bonchev–Trinajstić information content (AvgIpc) is 2.88. The summed E-state index contributed by atoms with van der Waals surface area (Å²) in [4.78, 5) is 15.1. The van der Waals surface area contributed by atoms with Gasteiger partial charge in [0.25, 0.3) is 5.91 Å². The van der Waals surface area contributed by atoms with Crippen molar-refractivity contribution in [3.05, 3.63) is 95.1 Å². The summed E-state index contributed by atoms with van der Waals surface area (Å²) in [6.07, 6.45) is 1.73. The predicted octanol–water partition coefficient (Wildman–Crippen LogP) is 4.41. The lowest BCUT2D eigenvalue weighted by Crippen LogP contribution is -2.44.